The number of carbonyl (C=O) groups excluding carboxylic acids is 1. The first-order chi connectivity index (χ1) is 11.0. The van der Waals surface area contributed by atoms with Crippen LogP contribution >= 0.6 is 0 Å². The first-order valence-corrected chi connectivity index (χ1v) is 6.67. The molecule has 0 saturated heterocycles. The fraction of sp³-hybridized carbons (Fsp3) is 0.125. The first kappa shape index (κ1) is 16.1. The molecule has 0 spiro atoms. The molecule has 0 radical (unpaired) electrons. The lowest BCUT2D eigenvalue weighted by atomic mass is 9.92. The predicted molar refractivity (Wildman–Crippen MR) is 82.0 cm³/mol. The Bertz CT molecular complexity index is 753. The van der Waals surface area contributed by atoms with Crippen molar-refractivity contribution in [2.75, 3.05) is 11.9 Å². The van der Waals surface area contributed by atoms with Gasteiger partial charge in [-0.2, -0.15) is 5.26 Å². The van der Waals surface area contributed by atoms with Crippen LogP contribution in [0.25, 0.3) is 0 Å². The van der Waals surface area contributed by atoms with Crippen molar-refractivity contribution in [2.45, 2.75) is 5.60 Å². The Morgan fingerprint density at radius 1 is 1.22 bits per heavy atom. The molecule has 0 bridgehead atoms. The summed E-state index contributed by atoms with van der Waals surface area (Å²) in [7, 11) is 0. The van der Waals surface area contributed by atoms with Crippen LogP contribution in [0, 0.1) is 21.4 Å². The second-order valence-corrected chi connectivity index (χ2v) is 4.86. The van der Waals surface area contributed by atoms with Gasteiger partial charge in [0.1, 0.15) is 0 Å². The topological polar surface area (TPSA) is 116 Å². The average Bonchev–Trinajstić information content (AvgIpc) is 2.55. The summed E-state index contributed by atoms with van der Waals surface area (Å²) in [4.78, 5) is 22.5. The van der Waals surface area contributed by atoms with Gasteiger partial charge in [0.2, 0.25) is 12.1 Å². The molecule has 0 heterocycles. The highest BCUT2D eigenvalue weighted by molar-refractivity contribution is 5.97. The molecule has 116 valence electrons. The first-order valence-electron chi connectivity index (χ1n) is 6.67. The van der Waals surface area contributed by atoms with Gasteiger partial charge in [0.25, 0.3) is 5.91 Å². The van der Waals surface area contributed by atoms with Crippen LogP contribution in [0.4, 0.5) is 5.69 Å². The van der Waals surface area contributed by atoms with E-state index in [4.69, 9.17) is 5.26 Å². The summed E-state index contributed by atoms with van der Waals surface area (Å²) in [6.45, 7) is -0.989. The van der Waals surface area contributed by atoms with Crippen LogP contribution in [-0.2, 0) is 10.4 Å². The van der Waals surface area contributed by atoms with Gasteiger partial charge >= 0.3 is 0 Å². The number of nitro groups is 1. The summed E-state index contributed by atoms with van der Waals surface area (Å²) < 4.78 is 0. The van der Waals surface area contributed by atoms with Gasteiger partial charge in [0.05, 0.1) is 11.6 Å². The van der Waals surface area contributed by atoms with Gasteiger partial charge in [-0.25, -0.2) is 0 Å². The van der Waals surface area contributed by atoms with Gasteiger partial charge in [-0.3, -0.25) is 14.9 Å². The van der Waals surface area contributed by atoms with Crippen molar-refractivity contribution >= 4 is 11.6 Å². The monoisotopic (exact) mass is 311 g/mol. The fourth-order valence-electron chi connectivity index (χ4n) is 2.06. The molecule has 7 heteroatoms. The van der Waals surface area contributed by atoms with E-state index in [1.54, 1.807) is 30.3 Å². The lowest BCUT2D eigenvalue weighted by molar-refractivity contribution is -0.498. The molecule has 7 nitrogen and oxygen atoms in total. The molecule has 1 unspecified atom stereocenters. The molecule has 2 N–H and O–H groups in total. The predicted octanol–water partition coefficient (Wildman–Crippen LogP) is 1.66. The van der Waals surface area contributed by atoms with E-state index in [1.165, 1.54) is 24.3 Å². The molecule has 2 aromatic rings. The molecule has 0 aliphatic heterocycles. The Kier molecular flexibility index (Phi) is 4.69. The third-order valence-corrected chi connectivity index (χ3v) is 3.26. The number of amides is 1. The van der Waals surface area contributed by atoms with Crippen LogP contribution < -0.4 is 5.32 Å². The average molecular weight is 311 g/mol. The van der Waals surface area contributed by atoms with E-state index in [1.807, 2.05) is 6.07 Å². The number of para-hydroxylation sites is 1. The van der Waals surface area contributed by atoms with Crippen molar-refractivity contribution in [3.05, 3.63) is 75.8 Å². The van der Waals surface area contributed by atoms with E-state index in [0.29, 0.717) is 11.3 Å². The van der Waals surface area contributed by atoms with E-state index in [9.17, 15) is 20.0 Å². The number of hydrogen-bond acceptors (Lipinski definition) is 5. The van der Waals surface area contributed by atoms with Gasteiger partial charge < -0.3 is 10.4 Å². The summed E-state index contributed by atoms with van der Waals surface area (Å²) in [5, 5.41) is 32.7. The second-order valence-electron chi connectivity index (χ2n) is 4.86. The molecule has 1 amide bonds. The summed E-state index contributed by atoms with van der Waals surface area (Å²) in [6.07, 6.45) is 0. The zero-order valence-corrected chi connectivity index (χ0v) is 12.0. The lowest BCUT2D eigenvalue weighted by Crippen LogP contribution is -2.45. The molecular formula is C16H13N3O4. The molecule has 1 atom stereocenters. The largest absolute Gasteiger partial charge is 0.370 e. The van der Waals surface area contributed by atoms with Crippen LogP contribution in [0.3, 0.4) is 0 Å². The zero-order valence-electron chi connectivity index (χ0n) is 12.0. The highest BCUT2D eigenvalue weighted by Gasteiger charge is 2.43. The molecule has 2 aromatic carbocycles. The van der Waals surface area contributed by atoms with Crippen LogP contribution in [0.1, 0.15) is 11.1 Å². The van der Waals surface area contributed by atoms with Gasteiger partial charge in [-0.05, 0) is 29.8 Å². The summed E-state index contributed by atoms with van der Waals surface area (Å²) >= 11 is 0. The van der Waals surface area contributed by atoms with Crippen LogP contribution in [0.2, 0.25) is 0 Å². The van der Waals surface area contributed by atoms with Crippen molar-refractivity contribution in [2.24, 2.45) is 0 Å². The Balaban J connectivity index is 2.35. The van der Waals surface area contributed by atoms with Crippen molar-refractivity contribution < 1.29 is 14.8 Å². The van der Waals surface area contributed by atoms with Crippen molar-refractivity contribution in [3.8, 4) is 6.07 Å². The quantitative estimate of drug-likeness (QED) is 0.643. The standard InChI is InChI=1S/C16H13N3O4/c17-10-12-6-8-13(9-7-12)16(21,11-19(22)23)15(20)18-14-4-2-1-3-5-14/h1-9,21H,11H2,(H,18,20). The number of nitriles is 1. The third kappa shape index (κ3) is 3.70. The van der Waals surface area contributed by atoms with Gasteiger partial charge in [-0.15, -0.1) is 0 Å². The highest BCUT2D eigenvalue weighted by atomic mass is 16.6. The normalized spacial score (nSPS) is 12.7. The Hall–Kier alpha value is -3.24. The molecule has 0 aliphatic carbocycles. The smallest absolute Gasteiger partial charge is 0.268 e. The minimum Gasteiger partial charge on any atom is -0.370 e. The maximum Gasteiger partial charge on any atom is 0.268 e. The minimum atomic E-state index is -2.34. The summed E-state index contributed by atoms with van der Waals surface area (Å²) in [5.74, 6) is -0.912. The summed E-state index contributed by atoms with van der Waals surface area (Å²) in [5.41, 5.74) is -1.57. The Morgan fingerprint density at radius 2 is 1.83 bits per heavy atom. The molecule has 0 aromatic heterocycles. The number of benzene rings is 2. The molecule has 23 heavy (non-hydrogen) atoms. The van der Waals surface area contributed by atoms with Crippen molar-refractivity contribution in [1.29, 1.82) is 5.26 Å². The van der Waals surface area contributed by atoms with Crippen LogP contribution in [0.5, 0.6) is 0 Å². The summed E-state index contributed by atoms with van der Waals surface area (Å²) in [6, 6.07) is 15.6. The van der Waals surface area contributed by atoms with E-state index in [2.05, 4.69) is 5.32 Å². The van der Waals surface area contributed by atoms with Crippen LogP contribution in [-0.4, -0.2) is 22.5 Å². The molecule has 0 fully saturated rings. The molecule has 0 aliphatic rings. The lowest BCUT2D eigenvalue weighted by Gasteiger charge is -2.23. The highest BCUT2D eigenvalue weighted by Crippen LogP contribution is 2.24. The number of hydrogen-bond donors (Lipinski definition) is 2. The second kappa shape index (κ2) is 6.68. The fourth-order valence-corrected chi connectivity index (χ4v) is 2.06. The van der Waals surface area contributed by atoms with Crippen LogP contribution in [0.15, 0.2) is 54.6 Å². The van der Waals surface area contributed by atoms with Gasteiger partial charge in [-0.1, -0.05) is 30.3 Å². The van der Waals surface area contributed by atoms with Gasteiger partial charge in [0, 0.05) is 10.6 Å². The maximum atomic E-state index is 12.4. The number of aliphatic hydroxyl groups is 1. The number of nitrogens with zero attached hydrogens (tertiary/aromatic N) is 2. The molecule has 0 saturated carbocycles. The SMILES string of the molecule is N#Cc1ccc(C(O)(C[N+](=O)[O-])C(=O)Nc2ccccc2)cc1. The molecule has 2 rings (SSSR count). The van der Waals surface area contributed by atoms with Crippen molar-refractivity contribution in [1.82, 2.24) is 0 Å². The number of carbonyl (C=O) groups is 1. The van der Waals surface area contributed by atoms with Crippen molar-refractivity contribution in [3.63, 3.8) is 0 Å². The van der Waals surface area contributed by atoms with E-state index >= 15 is 0 Å². The van der Waals surface area contributed by atoms with E-state index in [-0.39, 0.29) is 5.56 Å². The minimum absolute atomic E-state index is 0.0432. The number of rotatable bonds is 5. The zero-order chi connectivity index (χ0) is 16.9. The number of anilines is 1. The van der Waals surface area contributed by atoms with E-state index in [0.717, 1.165) is 0 Å². The molecular weight excluding hydrogens is 298 g/mol. The number of nitrogens with one attached hydrogen (secondary N) is 1. The van der Waals surface area contributed by atoms with E-state index < -0.39 is 23.0 Å². The maximum absolute atomic E-state index is 12.4. The Morgan fingerprint density at radius 3 is 2.35 bits per heavy atom. The van der Waals surface area contributed by atoms with Gasteiger partial charge in [0.15, 0.2) is 0 Å². The Labute approximate surface area is 131 Å². The third-order valence-electron chi connectivity index (χ3n) is 3.26.